The Labute approximate surface area is 206 Å². The molecule has 0 bridgehead atoms. The van der Waals surface area contributed by atoms with Crippen LogP contribution in [0.5, 0.6) is 5.75 Å². The Kier molecular flexibility index (Phi) is 6.36. The molecule has 0 saturated heterocycles. The van der Waals surface area contributed by atoms with E-state index in [1.54, 1.807) is 6.08 Å². The highest BCUT2D eigenvalue weighted by Gasteiger charge is 2.41. The van der Waals surface area contributed by atoms with Gasteiger partial charge in [0.05, 0.1) is 5.56 Å². The average molecular weight is 478 g/mol. The van der Waals surface area contributed by atoms with Crippen LogP contribution in [0, 0.1) is 0 Å². The maximum Gasteiger partial charge on any atom is 0.268 e. The van der Waals surface area contributed by atoms with E-state index >= 15 is 0 Å². The lowest BCUT2D eigenvalue weighted by molar-refractivity contribution is 0.461. The minimum absolute atomic E-state index is 0.118. The molecule has 180 valence electrons. The van der Waals surface area contributed by atoms with Crippen molar-refractivity contribution < 1.29 is 5.11 Å². The molecule has 0 fully saturated rings. The fourth-order valence-corrected chi connectivity index (χ4v) is 5.85. The third-order valence-electron chi connectivity index (χ3n) is 6.96. The fourth-order valence-electron chi connectivity index (χ4n) is 4.79. The summed E-state index contributed by atoms with van der Waals surface area (Å²) in [5, 5.41) is 10.0. The highest BCUT2D eigenvalue weighted by molar-refractivity contribution is 7.15. The summed E-state index contributed by atoms with van der Waals surface area (Å²) >= 11 is 1.83. The van der Waals surface area contributed by atoms with Crippen LogP contribution < -0.4 is 15.8 Å². The Morgan fingerprint density at radius 3 is 2.38 bits per heavy atom. The molecular formula is C29H35NO3S. The minimum Gasteiger partial charge on any atom is -0.504 e. The summed E-state index contributed by atoms with van der Waals surface area (Å²) in [4.78, 5) is 28.6. The average Bonchev–Trinajstić information content (AvgIpc) is 3.37. The number of allylic oxidation sites excluding steroid dienone is 1. The van der Waals surface area contributed by atoms with Gasteiger partial charge in [0.2, 0.25) is 5.43 Å². The van der Waals surface area contributed by atoms with Gasteiger partial charge in [-0.2, -0.15) is 0 Å². The van der Waals surface area contributed by atoms with Gasteiger partial charge in [-0.15, -0.1) is 11.3 Å². The van der Waals surface area contributed by atoms with Crippen molar-refractivity contribution in [2.75, 3.05) is 11.4 Å². The summed E-state index contributed by atoms with van der Waals surface area (Å²) < 4.78 is 0. The molecule has 0 aliphatic carbocycles. The first-order chi connectivity index (χ1) is 16.0. The Balaban J connectivity index is 1.77. The molecule has 0 radical (unpaired) electrons. The second kappa shape index (κ2) is 8.84. The number of hydrogen-bond donors (Lipinski definition) is 1. The van der Waals surface area contributed by atoms with E-state index in [1.165, 1.54) is 33.7 Å². The Bertz CT molecular complexity index is 1310. The second-order valence-corrected chi connectivity index (χ2v) is 12.0. The van der Waals surface area contributed by atoms with Gasteiger partial charge in [0.15, 0.2) is 5.75 Å². The Hall–Kier alpha value is -2.66. The van der Waals surface area contributed by atoms with Crippen molar-refractivity contribution >= 4 is 23.1 Å². The fraction of sp³-hybridized carbons (Fsp3) is 0.448. The van der Waals surface area contributed by atoms with E-state index < -0.39 is 16.6 Å². The van der Waals surface area contributed by atoms with Crippen LogP contribution in [0.1, 0.15) is 83.2 Å². The number of anilines is 1. The topological polar surface area (TPSA) is 57.6 Å². The predicted molar refractivity (Wildman–Crippen MR) is 144 cm³/mol. The zero-order valence-corrected chi connectivity index (χ0v) is 21.9. The second-order valence-electron chi connectivity index (χ2n) is 10.9. The number of thiophene rings is 1. The SMILES string of the molecule is CCCCCCN1/C(=C/c2c(O)c(=O)c2=O)C(C)(C)c2cc(-c3ccc(C(C)(C)C)s3)ccc21. The van der Waals surface area contributed by atoms with E-state index in [0.717, 1.165) is 30.8 Å². The predicted octanol–water partition coefficient (Wildman–Crippen LogP) is 6.73. The van der Waals surface area contributed by atoms with Crippen molar-refractivity contribution in [2.45, 2.75) is 78.1 Å². The summed E-state index contributed by atoms with van der Waals surface area (Å²) in [6, 6.07) is 11.1. The Morgan fingerprint density at radius 2 is 1.76 bits per heavy atom. The first kappa shape index (κ1) is 24.5. The number of nitrogens with zero attached hydrogens (tertiary/aromatic N) is 1. The molecule has 2 heterocycles. The zero-order valence-electron chi connectivity index (χ0n) is 21.1. The van der Waals surface area contributed by atoms with E-state index in [0.29, 0.717) is 0 Å². The van der Waals surface area contributed by atoms with Crippen molar-refractivity contribution in [1.82, 2.24) is 0 Å². The van der Waals surface area contributed by atoms with Gasteiger partial charge in [-0.05, 0) is 53.3 Å². The van der Waals surface area contributed by atoms with Crippen LogP contribution in [0.3, 0.4) is 0 Å². The molecule has 1 N–H and O–H groups in total. The molecule has 0 unspecified atom stereocenters. The lowest BCUT2D eigenvalue weighted by atomic mass is 9.82. The largest absolute Gasteiger partial charge is 0.504 e. The van der Waals surface area contributed by atoms with Crippen LogP contribution in [-0.4, -0.2) is 11.7 Å². The highest BCUT2D eigenvalue weighted by atomic mass is 32.1. The first-order valence-electron chi connectivity index (χ1n) is 12.2. The molecule has 0 atom stereocenters. The molecule has 34 heavy (non-hydrogen) atoms. The molecule has 1 aliphatic heterocycles. The van der Waals surface area contributed by atoms with Gasteiger partial charge in [-0.1, -0.05) is 66.9 Å². The molecule has 4 rings (SSSR count). The number of benzene rings is 1. The molecule has 3 aromatic rings. The van der Waals surface area contributed by atoms with Gasteiger partial charge in [0.1, 0.15) is 0 Å². The summed E-state index contributed by atoms with van der Waals surface area (Å²) in [5.41, 5.74) is 2.99. The van der Waals surface area contributed by atoms with Crippen LogP contribution in [0.15, 0.2) is 45.6 Å². The molecule has 1 aliphatic rings. The Morgan fingerprint density at radius 1 is 1.03 bits per heavy atom. The lowest BCUT2D eigenvalue weighted by Crippen LogP contribution is -2.34. The number of aromatic hydroxyl groups is 1. The molecular weight excluding hydrogens is 442 g/mol. The van der Waals surface area contributed by atoms with Crippen LogP contribution in [0.2, 0.25) is 0 Å². The summed E-state index contributed by atoms with van der Waals surface area (Å²) in [7, 11) is 0. The molecule has 1 aromatic heterocycles. The van der Waals surface area contributed by atoms with Crippen LogP contribution in [0.25, 0.3) is 16.5 Å². The van der Waals surface area contributed by atoms with Gasteiger partial charge >= 0.3 is 0 Å². The summed E-state index contributed by atoms with van der Waals surface area (Å²) in [6.07, 6.45) is 6.28. The van der Waals surface area contributed by atoms with Crippen molar-refractivity contribution in [3.63, 3.8) is 0 Å². The number of rotatable bonds is 7. The lowest BCUT2D eigenvalue weighted by Gasteiger charge is -2.27. The van der Waals surface area contributed by atoms with Gasteiger partial charge < -0.3 is 10.0 Å². The summed E-state index contributed by atoms with van der Waals surface area (Å²) in [6.45, 7) is 14.1. The normalized spacial score (nSPS) is 16.5. The smallest absolute Gasteiger partial charge is 0.268 e. The van der Waals surface area contributed by atoms with Crippen LogP contribution in [0.4, 0.5) is 5.69 Å². The number of unbranched alkanes of at least 4 members (excludes halogenated alkanes) is 3. The number of fused-ring (bicyclic) bond motifs is 1. The van der Waals surface area contributed by atoms with E-state index in [9.17, 15) is 14.7 Å². The van der Waals surface area contributed by atoms with Crippen molar-refractivity contribution in [3.8, 4) is 16.2 Å². The van der Waals surface area contributed by atoms with Gasteiger partial charge in [0.25, 0.3) is 5.43 Å². The summed E-state index contributed by atoms with van der Waals surface area (Å²) in [5.74, 6) is -0.413. The van der Waals surface area contributed by atoms with Crippen LogP contribution in [-0.2, 0) is 10.8 Å². The third kappa shape index (κ3) is 4.15. The van der Waals surface area contributed by atoms with E-state index in [-0.39, 0.29) is 16.4 Å². The molecule has 0 spiro atoms. The maximum absolute atomic E-state index is 12.1. The number of hydrogen-bond acceptors (Lipinski definition) is 5. The van der Waals surface area contributed by atoms with Crippen molar-refractivity contribution in [2.24, 2.45) is 0 Å². The zero-order chi connectivity index (χ0) is 24.8. The highest BCUT2D eigenvalue weighted by Crippen LogP contribution is 2.50. The van der Waals surface area contributed by atoms with E-state index in [2.05, 4.69) is 76.8 Å². The molecule has 0 saturated carbocycles. The first-order valence-corrected chi connectivity index (χ1v) is 13.1. The molecule has 2 aromatic carbocycles. The van der Waals surface area contributed by atoms with Gasteiger partial charge in [-0.25, -0.2) is 0 Å². The third-order valence-corrected chi connectivity index (χ3v) is 8.52. The van der Waals surface area contributed by atoms with E-state index in [1.807, 2.05) is 11.3 Å². The molecule has 5 heteroatoms. The van der Waals surface area contributed by atoms with Crippen LogP contribution >= 0.6 is 11.3 Å². The molecule has 4 nitrogen and oxygen atoms in total. The van der Waals surface area contributed by atoms with Crippen molar-refractivity contribution in [1.29, 1.82) is 0 Å². The van der Waals surface area contributed by atoms with Gasteiger partial charge in [-0.3, -0.25) is 9.59 Å². The standard InChI is InChI=1S/C29H35NO3S/c1-7-8-9-10-15-30-21-12-11-18(22-13-14-24(34-22)28(2,3)4)16-20(21)29(5,6)23(30)17-19-25(31)27(33)26(19)32/h11-14,16-17,31H,7-10,15H2,1-6H3/b23-17+. The molecule has 0 amide bonds. The van der Waals surface area contributed by atoms with Gasteiger partial charge in [0, 0.05) is 33.1 Å². The minimum atomic E-state index is -0.788. The maximum atomic E-state index is 12.1. The monoisotopic (exact) mass is 477 g/mol. The van der Waals surface area contributed by atoms with Crippen molar-refractivity contribution in [3.05, 3.63) is 72.5 Å². The quantitative estimate of drug-likeness (QED) is 0.303. The van der Waals surface area contributed by atoms with E-state index in [4.69, 9.17) is 0 Å².